The molecule has 0 saturated carbocycles. The number of hydrogen-bond acceptors (Lipinski definition) is 7. The van der Waals surface area contributed by atoms with Gasteiger partial charge in [-0.1, -0.05) is 52.3 Å². The Morgan fingerprint density at radius 2 is 1.70 bits per heavy atom. The molecule has 0 radical (unpaired) electrons. The molecule has 3 aromatic carbocycles. The van der Waals surface area contributed by atoms with Crippen LogP contribution in [0, 0.1) is 0 Å². The Balaban J connectivity index is 1.76. The van der Waals surface area contributed by atoms with Gasteiger partial charge in [-0.2, -0.15) is 13.2 Å². The number of halogens is 4. The highest BCUT2D eigenvalue weighted by Crippen LogP contribution is 2.45. The van der Waals surface area contributed by atoms with Gasteiger partial charge in [0.05, 0.1) is 12.2 Å². The van der Waals surface area contributed by atoms with Crippen molar-refractivity contribution in [1.82, 2.24) is 5.32 Å². The van der Waals surface area contributed by atoms with Crippen molar-refractivity contribution in [2.45, 2.75) is 70.0 Å². The molecule has 0 bridgehead atoms. The van der Waals surface area contributed by atoms with Gasteiger partial charge in [0.25, 0.3) is 5.91 Å². The van der Waals surface area contributed by atoms with Crippen molar-refractivity contribution in [3.63, 3.8) is 0 Å². The van der Waals surface area contributed by atoms with Crippen LogP contribution in [0.1, 0.15) is 68.4 Å². The average molecular weight is 706 g/mol. The van der Waals surface area contributed by atoms with E-state index in [9.17, 15) is 22.8 Å². The van der Waals surface area contributed by atoms with Gasteiger partial charge in [-0.05, 0) is 69.2 Å². The Labute approximate surface area is 274 Å². The summed E-state index contributed by atoms with van der Waals surface area (Å²) in [5.41, 5.74) is -2.46. The second-order valence-corrected chi connectivity index (χ2v) is 12.6. The molecule has 46 heavy (non-hydrogen) atoms. The number of aliphatic imine (C=N–C) groups is 1. The van der Waals surface area contributed by atoms with Crippen molar-refractivity contribution < 1.29 is 42.1 Å². The summed E-state index contributed by atoms with van der Waals surface area (Å²) in [6.07, 6.45) is -5.59. The fraction of sp³-hybridized carbons (Fsp3) is 0.382. The highest BCUT2D eigenvalue weighted by Gasteiger charge is 2.54. The van der Waals surface area contributed by atoms with E-state index in [-0.39, 0.29) is 30.9 Å². The summed E-state index contributed by atoms with van der Waals surface area (Å²) in [4.78, 5) is 32.0. The minimum absolute atomic E-state index is 0.00556. The lowest BCUT2D eigenvalue weighted by Gasteiger charge is -2.31. The molecule has 1 amide bonds. The van der Waals surface area contributed by atoms with Crippen molar-refractivity contribution in [2.24, 2.45) is 4.99 Å². The predicted molar refractivity (Wildman–Crippen MR) is 169 cm³/mol. The topological polar surface area (TPSA) is 106 Å². The third kappa shape index (κ3) is 8.67. The summed E-state index contributed by atoms with van der Waals surface area (Å²) in [6.45, 7) is 5.05. The van der Waals surface area contributed by atoms with Crippen molar-refractivity contribution in [3.05, 3.63) is 99.5 Å². The SMILES string of the molecule is CC(C)(C)OC(=O)CC[C@@]1(C(=O)NCc2ccccc2C(F)(F)F)N=C(c2ccc(OCCCO)cc2)O[C@@H]1c1ccccc1Br. The quantitative estimate of drug-likeness (QED) is 0.157. The summed E-state index contributed by atoms with van der Waals surface area (Å²) >= 11 is 3.54. The second kappa shape index (κ2) is 14.7. The smallest absolute Gasteiger partial charge is 0.416 e. The molecule has 1 heterocycles. The van der Waals surface area contributed by atoms with Crippen molar-refractivity contribution >= 4 is 33.7 Å². The van der Waals surface area contributed by atoms with Crippen LogP contribution in [0.3, 0.4) is 0 Å². The van der Waals surface area contributed by atoms with Crippen LogP contribution in [-0.4, -0.2) is 47.2 Å². The van der Waals surface area contributed by atoms with Crippen molar-refractivity contribution in [3.8, 4) is 5.75 Å². The lowest BCUT2D eigenvalue weighted by Crippen LogP contribution is -2.48. The fourth-order valence-corrected chi connectivity index (χ4v) is 5.49. The number of esters is 1. The number of carbonyl (C=O) groups excluding carboxylic acids is 2. The van der Waals surface area contributed by atoms with Crippen LogP contribution in [-0.2, 0) is 31.8 Å². The number of alkyl halides is 3. The van der Waals surface area contributed by atoms with E-state index in [1.807, 2.05) is 0 Å². The van der Waals surface area contributed by atoms with E-state index >= 15 is 0 Å². The van der Waals surface area contributed by atoms with Gasteiger partial charge in [0.1, 0.15) is 11.4 Å². The lowest BCUT2D eigenvalue weighted by molar-refractivity contribution is -0.155. The van der Waals surface area contributed by atoms with Crippen LogP contribution >= 0.6 is 15.9 Å². The Morgan fingerprint density at radius 3 is 2.35 bits per heavy atom. The van der Waals surface area contributed by atoms with E-state index in [0.717, 1.165) is 6.07 Å². The minimum Gasteiger partial charge on any atom is -0.494 e. The van der Waals surface area contributed by atoms with Crippen LogP contribution < -0.4 is 10.1 Å². The highest BCUT2D eigenvalue weighted by molar-refractivity contribution is 9.10. The molecule has 2 N–H and O–H groups in total. The lowest BCUT2D eigenvalue weighted by atomic mass is 9.83. The molecule has 0 saturated heterocycles. The number of carbonyl (C=O) groups is 2. The maximum atomic E-state index is 14.3. The first-order valence-corrected chi connectivity index (χ1v) is 15.5. The maximum Gasteiger partial charge on any atom is 0.416 e. The Morgan fingerprint density at radius 1 is 1.02 bits per heavy atom. The third-order valence-electron chi connectivity index (χ3n) is 7.11. The Hall–Kier alpha value is -3.90. The van der Waals surface area contributed by atoms with Gasteiger partial charge >= 0.3 is 12.1 Å². The zero-order chi connectivity index (χ0) is 33.5. The molecule has 1 aliphatic rings. The molecule has 4 rings (SSSR count). The standard InChI is InChI=1S/C34H36BrF3N2O6/c1-32(2,3)46-28(42)17-18-33(31(43)39-21-23-9-4-6-11-26(23)34(36,37)38)29(25-10-5-7-12-27(25)35)45-30(40-33)22-13-15-24(16-14-22)44-20-8-19-41/h4-7,9-16,29,41H,8,17-21H2,1-3H3,(H,39,43)/t29-,33-/m1/s1. The summed E-state index contributed by atoms with van der Waals surface area (Å²) in [5.74, 6) is -0.623. The van der Waals surface area contributed by atoms with Crippen LogP contribution in [0.4, 0.5) is 13.2 Å². The van der Waals surface area contributed by atoms with E-state index in [1.165, 1.54) is 18.2 Å². The van der Waals surface area contributed by atoms with E-state index in [4.69, 9.17) is 24.3 Å². The molecular weight excluding hydrogens is 669 g/mol. The van der Waals surface area contributed by atoms with Crippen LogP contribution in [0.15, 0.2) is 82.3 Å². The zero-order valence-corrected chi connectivity index (χ0v) is 27.3. The number of aliphatic hydroxyl groups excluding tert-OH is 1. The Kier molecular flexibility index (Phi) is 11.2. The normalized spacial score (nSPS) is 18.0. The molecule has 0 spiro atoms. The van der Waals surface area contributed by atoms with Gasteiger partial charge in [0.15, 0.2) is 11.6 Å². The molecule has 12 heteroatoms. The zero-order valence-electron chi connectivity index (χ0n) is 25.7. The number of nitrogens with zero attached hydrogens (tertiary/aromatic N) is 1. The molecular formula is C34H36BrF3N2O6. The molecule has 3 aromatic rings. The van der Waals surface area contributed by atoms with E-state index in [2.05, 4.69) is 21.2 Å². The van der Waals surface area contributed by atoms with Gasteiger partial charge in [-0.15, -0.1) is 0 Å². The molecule has 8 nitrogen and oxygen atoms in total. The summed E-state index contributed by atoms with van der Waals surface area (Å²) in [6, 6.07) is 18.9. The first-order valence-electron chi connectivity index (χ1n) is 14.7. The summed E-state index contributed by atoms with van der Waals surface area (Å²) in [5, 5.41) is 11.7. The minimum atomic E-state index is -4.62. The number of nitrogens with one attached hydrogen (secondary N) is 1. The molecule has 0 unspecified atom stereocenters. The van der Waals surface area contributed by atoms with E-state index in [1.54, 1.807) is 69.3 Å². The largest absolute Gasteiger partial charge is 0.494 e. The highest BCUT2D eigenvalue weighted by atomic mass is 79.9. The first kappa shape index (κ1) is 35.0. The average Bonchev–Trinajstić information content (AvgIpc) is 3.39. The molecule has 2 atom stereocenters. The monoisotopic (exact) mass is 704 g/mol. The van der Waals surface area contributed by atoms with Crippen LogP contribution in [0.2, 0.25) is 0 Å². The number of aliphatic hydroxyl groups is 1. The van der Waals surface area contributed by atoms with Crippen molar-refractivity contribution in [1.29, 1.82) is 0 Å². The van der Waals surface area contributed by atoms with Gasteiger partial charge in [0, 0.05) is 41.6 Å². The number of hydrogen-bond donors (Lipinski definition) is 2. The summed E-state index contributed by atoms with van der Waals surface area (Å²) < 4.78 is 59.4. The van der Waals surface area contributed by atoms with Crippen molar-refractivity contribution in [2.75, 3.05) is 13.2 Å². The summed E-state index contributed by atoms with van der Waals surface area (Å²) in [7, 11) is 0. The molecule has 246 valence electrons. The number of ether oxygens (including phenoxy) is 3. The second-order valence-electron chi connectivity index (χ2n) is 11.7. The molecule has 1 aliphatic heterocycles. The Bertz CT molecular complexity index is 1560. The predicted octanol–water partition coefficient (Wildman–Crippen LogP) is 6.92. The van der Waals surface area contributed by atoms with Gasteiger partial charge in [-0.25, -0.2) is 4.99 Å². The number of benzene rings is 3. The van der Waals surface area contributed by atoms with Crippen LogP contribution in [0.5, 0.6) is 5.75 Å². The van der Waals surface area contributed by atoms with E-state index < -0.39 is 47.4 Å². The van der Waals surface area contributed by atoms with Gasteiger partial charge < -0.3 is 24.6 Å². The van der Waals surface area contributed by atoms with Crippen LogP contribution in [0.25, 0.3) is 0 Å². The van der Waals surface area contributed by atoms with Gasteiger partial charge in [0.2, 0.25) is 5.90 Å². The molecule has 0 fully saturated rings. The van der Waals surface area contributed by atoms with Gasteiger partial charge in [-0.3, -0.25) is 9.59 Å². The third-order valence-corrected chi connectivity index (χ3v) is 7.83. The van der Waals surface area contributed by atoms with E-state index in [0.29, 0.717) is 34.4 Å². The fourth-order valence-electron chi connectivity index (χ4n) is 5.00. The first-order chi connectivity index (χ1) is 21.7. The number of rotatable bonds is 12. The number of amides is 1. The molecule has 0 aliphatic carbocycles. The molecule has 0 aromatic heterocycles. The maximum absolute atomic E-state index is 14.3.